The summed E-state index contributed by atoms with van der Waals surface area (Å²) in [6.07, 6.45) is -6.85. The van der Waals surface area contributed by atoms with E-state index < -0.39 is 47.4 Å². The zero-order valence-corrected chi connectivity index (χ0v) is 13.5. The maximum absolute atomic E-state index is 12.1. The summed E-state index contributed by atoms with van der Waals surface area (Å²) in [5, 5.41) is 29.2. The second-order valence-electron chi connectivity index (χ2n) is 5.30. The van der Waals surface area contributed by atoms with Gasteiger partial charge < -0.3 is 24.8 Å². The molecule has 0 spiro atoms. The van der Waals surface area contributed by atoms with Crippen LogP contribution in [0.3, 0.4) is 0 Å². The topological polar surface area (TPSA) is 123 Å². The van der Waals surface area contributed by atoms with Crippen molar-refractivity contribution in [1.82, 2.24) is 0 Å². The summed E-state index contributed by atoms with van der Waals surface area (Å²) >= 11 is 0. The summed E-state index contributed by atoms with van der Waals surface area (Å²) in [5.41, 5.74) is 0.898. The summed E-state index contributed by atoms with van der Waals surface area (Å²) in [4.78, 5) is -0.0303. The quantitative estimate of drug-likeness (QED) is 0.589. The Labute approximate surface area is 134 Å². The maximum atomic E-state index is 12.1. The molecule has 1 aromatic carbocycles. The van der Waals surface area contributed by atoms with Crippen LogP contribution in [0.2, 0.25) is 0 Å². The minimum atomic E-state index is -4.03. The number of ether oxygens (including phenoxy) is 2. The van der Waals surface area contributed by atoms with Gasteiger partial charge in [-0.1, -0.05) is 17.7 Å². The summed E-state index contributed by atoms with van der Waals surface area (Å²) in [6.45, 7) is 1.29. The molecule has 0 bridgehead atoms. The molecule has 1 aromatic rings. The monoisotopic (exact) mass is 348 g/mol. The van der Waals surface area contributed by atoms with Gasteiger partial charge in [0, 0.05) is 7.11 Å². The predicted octanol–water partition coefficient (Wildman–Crippen LogP) is -0.846. The highest BCUT2D eigenvalue weighted by molar-refractivity contribution is 7.86. The molecule has 3 N–H and O–H groups in total. The summed E-state index contributed by atoms with van der Waals surface area (Å²) < 4.78 is 39.1. The summed E-state index contributed by atoms with van der Waals surface area (Å²) in [6, 6.07) is 6.06. The molecule has 0 aliphatic carbocycles. The summed E-state index contributed by atoms with van der Waals surface area (Å²) in [7, 11) is -2.78. The van der Waals surface area contributed by atoms with E-state index in [1.165, 1.54) is 19.2 Å². The number of benzene rings is 1. The van der Waals surface area contributed by atoms with Gasteiger partial charge in [0.2, 0.25) is 0 Å². The molecule has 5 atom stereocenters. The van der Waals surface area contributed by atoms with Crippen molar-refractivity contribution in [1.29, 1.82) is 0 Å². The van der Waals surface area contributed by atoms with Crippen LogP contribution >= 0.6 is 0 Å². The highest BCUT2D eigenvalue weighted by Crippen LogP contribution is 2.23. The number of hydrogen-bond acceptors (Lipinski definition) is 8. The molecule has 1 fully saturated rings. The highest BCUT2D eigenvalue weighted by Gasteiger charge is 2.44. The van der Waals surface area contributed by atoms with E-state index in [4.69, 9.17) is 13.7 Å². The highest BCUT2D eigenvalue weighted by atomic mass is 32.2. The number of aliphatic hydroxyl groups is 3. The average Bonchev–Trinajstić information content (AvgIpc) is 2.52. The third-order valence-electron chi connectivity index (χ3n) is 3.60. The van der Waals surface area contributed by atoms with Crippen molar-refractivity contribution in [2.45, 2.75) is 42.5 Å². The molecular formula is C14H20O8S. The summed E-state index contributed by atoms with van der Waals surface area (Å²) in [5.74, 6) is 0. The molecule has 1 saturated heterocycles. The van der Waals surface area contributed by atoms with E-state index in [-0.39, 0.29) is 4.90 Å². The van der Waals surface area contributed by atoms with E-state index in [2.05, 4.69) is 0 Å². The van der Waals surface area contributed by atoms with Crippen LogP contribution in [0, 0.1) is 6.92 Å². The van der Waals surface area contributed by atoms with Crippen molar-refractivity contribution in [3.05, 3.63) is 29.8 Å². The van der Waals surface area contributed by atoms with E-state index >= 15 is 0 Å². The van der Waals surface area contributed by atoms with E-state index in [0.717, 1.165) is 5.56 Å². The molecular weight excluding hydrogens is 328 g/mol. The first kappa shape index (κ1) is 18.3. The van der Waals surface area contributed by atoms with Gasteiger partial charge in [0.15, 0.2) is 6.29 Å². The molecule has 0 saturated carbocycles. The minimum Gasteiger partial charge on any atom is -0.387 e. The molecule has 0 aromatic heterocycles. The fourth-order valence-corrected chi connectivity index (χ4v) is 3.10. The van der Waals surface area contributed by atoms with E-state index in [9.17, 15) is 23.7 Å². The molecule has 0 radical (unpaired) electrons. The van der Waals surface area contributed by atoms with Crippen molar-refractivity contribution < 1.29 is 37.4 Å². The molecule has 2 rings (SSSR count). The van der Waals surface area contributed by atoms with Gasteiger partial charge in [0.1, 0.15) is 24.4 Å². The van der Waals surface area contributed by atoms with Crippen LogP contribution < -0.4 is 0 Å². The van der Waals surface area contributed by atoms with Gasteiger partial charge in [-0.2, -0.15) is 8.42 Å². The first-order chi connectivity index (χ1) is 10.8. The number of hydrogen-bond donors (Lipinski definition) is 3. The number of rotatable bonds is 5. The smallest absolute Gasteiger partial charge is 0.297 e. The third kappa shape index (κ3) is 4.07. The van der Waals surface area contributed by atoms with Gasteiger partial charge in [0.05, 0.1) is 11.5 Å². The number of aliphatic hydroxyl groups excluding tert-OH is 3. The SMILES string of the molecule is CO[C@H]1OC(COS(=O)(=O)c2ccc(C)cc2)[C@@H](O)[C@@H](O)C1O. The second kappa shape index (κ2) is 7.22. The molecule has 0 amide bonds. The zero-order chi connectivity index (χ0) is 17.2. The lowest BCUT2D eigenvalue weighted by Gasteiger charge is -2.39. The van der Waals surface area contributed by atoms with E-state index in [0.29, 0.717) is 0 Å². The van der Waals surface area contributed by atoms with Crippen molar-refractivity contribution in [3.8, 4) is 0 Å². The second-order valence-corrected chi connectivity index (χ2v) is 6.92. The van der Waals surface area contributed by atoms with E-state index in [1.54, 1.807) is 12.1 Å². The zero-order valence-electron chi connectivity index (χ0n) is 12.7. The molecule has 1 aliphatic rings. The standard InChI is InChI=1S/C14H20O8S/c1-8-3-5-9(6-4-8)23(18,19)21-7-10-11(15)12(16)13(17)14(20-2)22-10/h3-6,10-17H,7H2,1-2H3/t10?,11-,12-,13?,14+/m1/s1. The minimum absolute atomic E-state index is 0.0303. The van der Waals surface area contributed by atoms with Crippen LogP contribution in [0.5, 0.6) is 0 Å². The molecule has 23 heavy (non-hydrogen) atoms. The van der Waals surface area contributed by atoms with Crippen LogP contribution in [0.25, 0.3) is 0 Å². The lowest BCUT2D eigenvalue weighted by Crippen LogP contribution is -2.59. The van der Waals surface area contributed by atoms with Gasteiger partial charge in [0.25, 0.3) is 10.1 Å². The Kier molecular flexibility index (Phi) is 5.74. The Morgan fingerprint density at radius 2 is 1.70 bits per heavy atom. The van der Waals surface area contributed by atoms with Crippen molar-refractivity contribution in [3.63, 3.8) is 0 Å². The van der Waals surface area contributed by atoms with Crippen molar-refractivity contribution >= 4 is 10.1 Å². The van der Waals surface area contributed by atoms with Crippen molar-refractivity contribution in [2.75, 3.05) is 13.7 Å². The molecule has 2 unspecified atom stereocenters. The van der Waals surface area contributed by atoms with Crippen LogP contribution in [-0.2, 0) is 23.8 Å². The average molecular weight is 348 g/mol. The largest absolute Gasteiger partial charge is 0.387 e. The Bertz CT molecular complexity index is 612. The lowest BCUT2D eigenvalue weighted by atomic mass is 9.99. The Morgan fingerprint density at radius 3 is 2.26 bits per heavy atom. The van der Waals surface area contributed by atoms with E-state index in [1.807, 2.05) is 6.92 Å². The molecule has 9 heteroatoms. The Balaban J connectivity index is 2.05. The Morgan fingerprint density at radius 1 is 1.09 bits per heavy atom. The molecule has 8 nitrogen and oxygen atoms in total. The fourth-order valence-electron chi connectivity index (χ4n) is 2.18. The first-order valence-electron chi connectivity index (χ1n) is 6.95. The molecule has 130 valence electrons. The first-order valence-corrected chi connectivity index (χ1v) is 8.35. The third-order valence-corrected chi connectivity index (χ3v) is 4.89. The van der Waals surface area contributed by atoms with Gasteiger partial charge in [-0.15, -0.1) is 0 Å². The van der Waals surface area contributed by atoms with Crippen LogP contribution in [0.1, 0.15) is 5.56 Å². The molecule has 1 heterocycles. The fraction of sp³-hybridized carbons (Fsp3) is 0.571. The van der Waals surface area contributed by atoms with Gasteiger partial charge in [-0.05, 0) is 19.1 Å². The molecule has 1 aliphatic heterocycles. The van der Waals surface area contributed by atoms with Crippen LogP contribution in [0.15, 0.2) is 29.2 Å². The predicted molar refractivity (Wildman–Crippen MR) is 78.0 cm³/mol. The van der Waals surface area contributed by atoms with Crippen molar-refractivity contribution in [2.24, 2.45) is 0 Å². The van der Waals surface area contributed by atoms with Crippen LogP contribution in [-0.4, -0.2) is 68.2 Å². The normalized spacial score (nSPS) is 32.0. The Hall–Kier alpha value is -1.07. The van der Waals surface area contributed by atoms with Gasteiger partial charge >= 0.3 is 0 Å². The lowest BCUT2D eigenvalue weighted by molar-refractivity contribution is -0.293. The maximum Gasteiger partial charge on any atom is 0.297 e. The van der Waals surface area contributed by atoms with Gasteiger partial charge in [-0.3, -0.25) is 4.18 Å². The number of aryl methyl sites for hydroxylation is 1. The van der Waals surface area contributed by atoms with Crippen LogP contribution in [0.4, 0.5) is 0 Å². The van der Waals surface area contributed by atoms with Gasteiger partial charge in [-0.25, -0.2) is 0 Å². The number of methoxy groups -OCH3 is 1.